The molecule has 26 heavy (non-hydrogen) atoms. The van der Waals surface area contributed by atoms with Crippen LogP contribution in [0.1, 0.15) is 36.2 Å². The number of nitrogens with zero attached hydrogens (tertiary/aromatic N) is 1. The maximum Gasteiger partial charge on any atom is 0.251 e. The number of morpholine rings is 1. The highest BCUT2D eigenvalue weighted by atomic mass is 32.2. The topological polar surface area (TPSA) is 84.9 Å². The fourth-order valence-electron chi connectivity index (χ4n) is 2.64. The van der Waals surface area contributed by atoms with Gasteiger partial charge in [-0.3, -0.25) is 4.79 Å². The fraction of sp³-hybridized carbons (Fsp3) is 0.611. The number of sulfonamides is 1. The van der Waals surface area contributed by atoms with E-state index in [2.05, 4.69) is 5.32 Å². The van der Waals surface area contributed by atoms with Crippen molar-refractivity contribution in [1.82, 2.24) is 9.62 Å². The van der Waals surface area contributed by atoms with Gasteiger partial charge in [-0.2, -0.15) is 4.31 Å². The van der Waals surface area contributed by atoms with Crippen LogP contribution in [-0.2, 0) is 19.5 Å². The maximum atomic E-state index is 12.9. The number of carbonyl (C=O) groups is 1. The number of carbonyl (C=O) groups excluding carboxylic acids is 1. The Morgan fingerprint density at radius 1 is 1.31 bits per heavy atom. The summed E-state index contributed by atoms with van der Waals surface area (Å²) in [6.07, 6.45) is 0.866. The van der Waals surface area contributed by atoms with Gasteiger partial charge in [0.2, 0.25) is 10.0 Å². The molecule has 7 nitrogen and oxygen atoms in total. The van der Waals surface area contributed by atoms with E-state index in [1.54, 1.807) is 19.1 Å². The van der Waals surface area contributed by atoms with Crippen LogP contribution in [-0.4, -0.2) is 64.2 Å². The van der Waals surface area contributed by atoms with Crippen molar-refractivity contribution >= 4 is 15.9 Å². The average Bonchev–Trinajstić information content (AvgIpc) is 2.62. The Labute approximate surface area is 155 Å². The van der Waals surface area contributed by atoms with E-state index in [1.165, 1.54) is 10.4 Å². The van der Waals surface area contributed by atoms with E-state index < -0.39 is 10.0 Å². The van der Waals surface area contributed by atoms with Crippen LogP contribution >= 0.6 is 0 Å². The van der Waals surface area contributed by atoms with Crippen LogP contribution in [0.2, 0.25) is 0 Å². The van der Waals surface area contributed by atoms with Crippen molar-refractivity contribution in [1.29, 1.82) is 0 Å². The number of aryl methyl sites for hydroxylation is 1. The summed E-state index contributed by atoms with van der Waals surface area (Å²) in [5.74, 6) is -0.284. The summed E-state index contributed by atoms with van der Waals surface area (Å²) in [6.45, 7) is 8.13. The molecule has 1 amide bonds. The Bertz CT molecular complexity index is 712. The molecule has 1 aromatic carbocycles. The molecule has 0 aromatic heterocycles. The Hall–Kier alpha value is -1.48. The van der Waals surface area contributed by atoms with Crippen molar-refractivity contribution in [2.24, 2.45) is 0 Å². The first-order chi connectivity index (χ1) is 12.3. The summed E-state index contributed by atoms with van der Waals surface area (Å²) in [6, 6.07) is 4.78. The van der Waals surface area contributed by atoms with Crippen molar-refractivity contribution in [3.8, 4) is 0 Å². The van der Waals surface area contributed by atoms with Gasteiger partial charge in [0.25, 0.3) is 5.91 Å². The van der Waals surface area contributed by atoms with Gasteiger partial charge in [-0.25, -0.2) is 8.42 Å². The molecule has 1 heterocycles. The van der Waals surface area contributed by atoms with Gasteiger partial charge in [-0.15, -0.1) is 0 Å². The van der Waals surface area contributed by atoms with Gasteiger partial charge in [-0.1, -0.05) is 6.07 Å². The molecule has 2 rings (SSSR count). The van der Waals surface area contributed by atoms with Crippen molar-refractivity contribution in [2.75, 3.05) is 39.5 Å². The average molecular weight is 384 g/mol. The highest BCUT2D eigenvalue weighted by Gasteiger charge is 2.28. The third kappa shape index (κ3) is 5.51. The van der Waals surface area contributed by atoms with Crippen LogP contribution in [0.5, 0.6) is 0 Å². The zero-order valence-corrected chi connectivity index (χ0v) is 16.5. The molecular weight excluding hydrogens is 356 g/mol. The zero-order valence-electron chi connectivity index (χ0n) is 15.7. The predicted octanol–water partition coefficient (Wildman–Crippen LogP) is 1.56. The molecule has 1 N–H and O–H groups in total. The lowest BCUT2D eigenvalue weighted by atomic mass is 10.1. The van der Waals surface area contributed by atoms with E-state index in [4.69, 9.17) is 9.47 Å². The molecule has 0 saturated carbocycles. The molecule has 146 valence electrons. The number of rotatable bonds is 8. The second-order valence-corrected chi connectivity index (χ2v) is 8.43. The number of nitrogens with one attached hydrogen (secondary N) is 1. The molecule has 1 saturated heterocycles. The summed E-state index contributed by atoms with van der Waals surface area (Å²) in [5.41, 5.74) is 0.964. The van der Waals surface area contributed by atoms with Crippen LogP contribution in [0, 0.1) is 6.92 Å². The molecule has 0 atom stereocenters. The summed E-state index contributed by atoms with van der Waals surface area (Å²) in [4.78, 5) is 12.5. The summed E-state index contributed by atoms with van der Waals surface area (Å²) >= 11 is 0. The van der Waals surface area contributed by atoms with E-state index >= 15 is 0 Å². The molecule has 0 unspecified atom stereocenters. The Balaban J connectivity index is 2.05. The van der Waals surface area contributed by atoms with Crippen LogP contribution in [0.15, 0.2) is 23.1 Å². The molecule has 1 aliphatic heterocycles. The first kappa shape index (κ1) is 20.8. The van der Waals surface area contributed by atoms with E-state index in [9.17, 15) is 13.2 Å². The molecule has 8 heteroatoms. The van der Waals surface area contributed by atoms with Crippen LogP contribution in [0.4, 0.5) is 0 Å². The highest BCUT2D eigenvalue weighted by Crippen LogP contribution is 2.22. The zero-order chi connectivity index (χ0) is 19.2. The van der Waals surface area contributed by atoms with Gasteiger partial charge in [0.15, 0.2) is 0 Å². The van der Waals surface area contributed by atoms with Gasteiger partial charge in [0.1, 0.15) is 0 Å². The minimum absolute atomic E-state index is 0.163. The lowest BCUT2D eigenvalue weighted by molar-refractivity contribution is 0.0730. The van der Waals surface area contributed by atoms with Gasteiger partial charge in [0.05, 0.1) is 24.2 Å². The van der Waals surface area contributed by atoms with Crippen molar-refractivity contribution in [3.05, 3.63) is 29.3 Å². The Kier molecular flexibility index (Phi) is 7.57. The number of hydrogen-bond acceptors (Lipinski definition) is 5. The Morgan fingerprint density at radius 2 is 2.00 bits per heavy atom. The van der Waals surface area contributed by atoms with Crippen LogP contribution < -0.4 is 5.32 Å². The molecule has 1 aliphatic rings. The van der Waals surface area contributed by atoms with E-state index in [1.807, 2.05) is 13.8 Å². The SMILES string of the molecule is Cc1ccc(C(=O)NCCCOC(C)C)cc1S(=O)(=O)N1CCOCC1. The van der Waals surface area contributed by atoms with Gasteiger partial charge in [-0.05, 0) is 44.9 Å². The Morgan fingerprint density at radius 3 is 2.65 bits per heavy atom. The van der Waals surface area contributed by atoms with Crippen molar-refractivity contribution in [2.45, 2.75) is 38.2 Å². The molecular formula is C18H28N2O5S. The standard InChI is InChI=1S/C18H28N2O5S/c1-14(2)25-10-4-7-19-18(21)16-6-5-15(3)17(13-16)26(22,23)20-8-11-24-12-9-20/h5-6,13-14H,4,7-12H2,1-3H3,(H,19,21). The molecule has 0 aliphatic carbocycles. The predicted molar refractivity (Wildman–Crippen MR) is 98.8 cm³/mol. The van der Waals surface area contributed by atoms with E-state index in [-0.39, 0.29) is 16.9 Å². The van der Waals surface area contributed by atoms with E-state index in [0.717, 1.165) is 0 Å². The first-order valence-electron chi connectivity index (χ1n) is 8.90. The number of amides is 1. The highest BCUT2D eigenvalue weighted by molar-refractivity contribution is 7.89. The third-order valence-electron chi connectivity index (χ3n) is 4.10. The van der Waals surface area contributed by atoms with Gasteiger partial charge in [0, 0.05) is 31.8 Å². The maximum absolute atomic E-state index is 12.9. The van der Waals surface area contributed by atoms with Crippen molar-refractivity contribution < 1.29 is 22.7 Å². The fourth-order valence-corrected chi connectivity index (χ4v) is 4.30. The molecule has 0 radical (unpaired) electrons. The smallest absolute Gasteiger partial charge is 0.251 e. The third-order valence-corrected chi connectivity index (χ3v) is 6.14. The van der Waals surface area contributed by atoms with E-state index in [0.29, 0.717) is 57.0 Å². The van der Waals surface area contributed by atoms with Gasteiger partial charge >= 0.3 is 0 Å². The lowest BCUT2D eigenvalue weighted by Crippen LogP contribution is -2.41. The minimum atomic E-state index is -3.63. The monoisotopic (exact) mass is 384 g/mol. The quantitative estimate of drug-likeness (QED) is 0.688. The number of hydrogen-bond donors (Lipinski definition) is 1. The minimum Gasteiger partial charge on any atom is -0.379 e. The largest absolute Gasteiger partial charge is 0.379 e. The normalized spacial score (nSPS) is 16.0. The van der Waals surface area contributed by atoms with Gasteiger partial charge < -0.3 is 14.8 Å². The number of ether oxygens (including phenoxy) is 2. The van der Waals surface area contributed by atoms with Crippen molar-refractivity contribution in [3.63, 3.8) is 0 Å². The number of benzene rings is 1. The second kappa shape index (κ2) is 9.45. The molecule has 1 aromatic rings. The second-order valence-electron chi connectivity index (χ2n) is 6.53. The summed E-state index contributed by atoms with van der Waals surface area (Å²) < 4.78 is 37.8. The first-order valence-corrected chi connectivity index (χ1v) is 10.3. The molecule has 1 fully saturated rings. The lowest BCUT2D eigenvalue weighted by Gasteiger charge is -2.26. The summed E-state index contributed by atoms with van der Waals surface area (Å²) in [7, 11) is -3.63. The molecule has 0 bridgehead atoms. The summed E-state index contributed by atoms with van der Waals surface area (Å²) in [5, 5.41) is 2.80. The molecule has 0 spiro atoms. The van der Waals surface area contributed by atoms with Crippen LogP contribution in [0.3, 0.4) is 0 Å². The van der Waals surface area contributed by atoms with Crippen LogP contribution in [0.25, 0.3) is 0 Å².